The Morgan fingerprint density at radius 1 is 1.29 bits per heavy atom. The maximum absolute atomic E-state index is 13.0. The number of pyridine rings is 1. The number of carbonyl (C=O) groups is 1. The molecule has 0 aliphatic carbocycles. The van der Waals surface area contributed by atoms with Crippen LogP contribution in [0.2, 0.25) is 0 Å². The molecule has 1 N–H and O–H groups in total. The molecule has 1 aromatic carbocycles. The monoisotopic (exact) mass is 325 g/mol. The Morgan fingerprint density at radius 3 is 2.67 bits per heavy atom. The molecule has 1 amide bonds. The van der Waals surface area contributed by atoms with Gasteiger partial charge in [0.2, 0.25) is 0 Å². The Morgan fingerprint density at radius 2 is 2.00 bits per heavy atom. The summed E-state index contributed by atoms with van der Waals surface area (Å²) in [6.45, 7) is 4.24. The van der Waals surface area contributed by atoms with Crippen LogP contribution in [0.4, 0.5) is 5.69 Å². The standard InChI is InChI=1S/C18H19N3O3/c1-4-24-15-6-5-11-21-16(12(2)19-17(15)21)18(23)20(3)13-7-9-14(22)10-8-13/h5-11,22H,4H2,1-3H3. The SMILES string of the molecule is CCOc1cccn2c(C(=O)N(C)c3ccc(O)cc3)c(C)nc12. The number of aryl methyl sites for hydroxylation is 1. The number of ether oxygens (including phenoxy) is 1. The van der Waals surface area contributed by atoms with Crippen LogP contribution in [0.25, 0.3) is 5.65 Å². The number of rotatable bonds is 4. The average Bonchev–Trinajstić information content (AvgIpc) is 2.91. The van der Waals surface area contributed by atoms with Gasteiger partial charge >= 0.3 is 0 Å². The van der Waals surface area contributed by atoms with Crippen LogP contribution in [-0.2, 0) is 0 Å². The van der Waals surface area contributed by atoms with Crippen molar-refractivity contribution in [1.29, 1.82) is 0 Å². The van der Waals surface area contributed by atoms with E-state index in [1.54, 1.807) is 48.8 Å². The van der Waals surface area contributed by atoms with Crippen molar-refractivity contribution in [2.24, 2.45) is 0 Å². The minimum atomic E-state index is -0.181. The molecular formula is C18H19N3O3. The fourth-order valence-electron chi connectivity index (χ4n) is 2.63. The molecule has 3 aromatic rings. The molecule has 6 nitrogen and oxygen atoms in total. The van der Waals surface area contributed by atoms with Crippen molar-refractivity contribution in [3.63, 3.8) is 0 Å². The third-order valence-electron chi connectivity index (χ3n) is 3.83. The Hall–Kier alpha value is -3.02. The van der Waals surface area contributed by atoms with Crippen LogP contribution in [0, 0.1) is 6.92 Å². The number of hydrogen-bond acceptors (Lipinski definition) is 4. The quantitative estimate of drug-likeness (QED) is 0.801. The molecule has 0 radical (unpaired) electrons. The van der Waals surface area contributed by atoms with Gasteiger partial charge in [-0.25, -0.2) is 4.98 Å². The van der Waals surface area contributed by atoms with Crippen LogP contribution in [0.15, 0.2) is 42.6 Å². The molecule has 2 aromatic heterocycles. The zero-order chi connectivity index (χ0) is 17.3. The van der Waals surface area contributed by atoms with Gasteiger partial charge in [-0.2, -0.15) is 0 Å². The predicted molar refractivity (Wildman–Crippen MR) is 91.9 cm³/mol. The molecule has 0 unspecified atom stereocenters. The highest BCUT2D eigenvalue weighted by molar-refractivity contribution is 6.06. The third-order valence-corrected chi connectivity index (χ3v) is 3.83. The second-order valence-electron chi connectivity index (χ2n) is 5.43. The van der Waals surface area contributed by atoms with Gasteiger partial charge in [0, 0.05) is 18.9 Å². The largest absolute Gasteiger partial charge is 0.508 e. The fraction of sp³-hybridized carbons (Fsp3) is 0.222. The summed E-state index contributed by atoms with van der Waals surface area (Å²) in [5.41, 5.74) is 2.44. The molecule has 24 heavy (non-hydrogen) atoms. The zero-order valence-corrected chi connectivity index (χ0v) is 13.9. The predicted octanol–water partition coefficient (Wildman–Crippen LogP) is 3.02. The first-order valence-corrected chi connectivity index (χ1v) is 7.70. The molecular weight excluding hydrogens is 306 g/mol. The summed E-state index contributed by atoms with van der Waals surface area (Å²) in [7, 11) is 1.69. The average molecular weight is 325 g/mol. The van der Waals surface area contributed by atoms with Gasteiger partial charge in [0.25, 0.3) is 5.91 Å². The number of phenols is 1. The van der Waals surface area contributed by atoms with Gasteiger partial charge in [0.1, 0.15) is 11.4 Å². The highest BCUT2D eigenvalue weighted by Crippen LogP contribution is 2.25. The van der Waals surface area contributed by atoms with Crippen molar-refractivity contribution in [3.05, 3.63) is 54.0 Å². The van der Waals surface area contributed by atoms with Crippen LogP contribution < -0.4 is 9.64 Å². The number of amides is 1. The number of phenolic OH excluding ortho intramolecular Hbond substituents is 1. The van der Waals surface area contributed by atoms with E-state index in [-0.39, 0.29) is 11.7 Å². The number of aromatic nitrogens is 2. The summed E-state index contributed by atoms with van der Waals surface area (Å²) in [5, 5.41) is 9.40. The van der Waals surface area contributed by atoms with Gasteiger partial charge in [-0.1, -0.05) is 0 Å². The molecule has 0 fully saturated rings. The van der Waals surface area contributed by atoms with E-state index in [1.165, 1.54) is 4.90 Å². The molecule has 0 saturated heterocycles. The summed E-state index contributed by atoms with van der Waals surface area (Å²) in [6, 6.07) is 10.1. The summed E-state index contributed by atoms with van der Waals surface area (Å²) in [5.74, 6) is 0.626. The van der Waals surface area contributed by atoms with E-state index in [0.717, 1.165) is 0 Å². The van der Waals surface area contributed by atoms with E-state index in [2.05, 4.69) is 4.98 Å². The minimum Gasteiger partial charge on any atom is -0.508 e. The molecule has 6 heteroatoms. The molecule has 0 aliphatic heterocycles. The fourth-order valence-corrected chi connectivity index (χ4v) is 2.63. The number of benzene rings is 1. The van der Waals surface area contributed by atoms with Gasteiger partial charge < -0.3 is 14.7 Å². The number of aromatic hydroxyl groups is 1. The molecule has 0 saturated carbocycles. The number of fused-ring (bicyclic) bond motifs is 1. The van der Waals surface area contributed by atoms with Crippen LogP contribution in [-0.4, -0.2) is 34.1 Å². The van der Waals surface area contributed by atoms with Crippen molar-refractivity contribution < 1.29 is 14.6 Å². The lowest BCUT2D eigenvalue weighted by Gasteiger charge is -2.17. The lowest BCUT2D eigenvalue weighted by Crippen LogP contribution is -2.28. The van der Waals surface area contributed by atoms with Crippen molar-refractivity contribution in [2.45, 2.75) is 13.8 Å². The first kappa shape index (κ1) is 15.9. The van der Waals surface area contributed by atoms with Gasteiger partial charge in [0.05, 0.1) is 12.3 Å². The molecule has 2 heterocycles. The molecule has 0 aliphatic rings. The van der Waals surface area contributed by atoms with E-state index < -0.39 is 0 Å². The number of anilines is 1. The van der Waals surface area contributed by atoms with Crippen molar-refractivity contribution in [2.75, 3.05) is 18.6 Å². The van der Waals surface area contributed by atoms with E-state index in [4.69, 9.17) is 4.74 Å². The van der Waals surface area contributed by atoms with Crippen LogP contribution in [0.1, 0.15) is 23.1 Å². The molecule has 0 spiro atoms. The Kier molecular flexibility index (Phi) is 4.12. The summed E-state index contributed by atoms with van der Waals surface area (Å²) >= 11 is 0. The Labute approximate surface area is 139 Å². The van der Waals surface area contributed by atoms with Gasteiger partial charge in [0.15, 0.2) is 11.4 Å². The van der Waals surface area contributed by atoms with Gasteiger partial charge in [-0.05, 0) is 50.2 Å². The van der Waals surface area contributed by atoms with Crippen molar-refractivity contribution >= 4 is 17.2 Å². The van der Waals surface area contributed by atoms with E-state index >= 15 is 0 Å². The van der Waals surface area contributed by atoms with Crippen LogP contribution >= 0.6 is 0 Å². The zero-order valence-electron chi connectivity index (χ0n) is 13.9. The van der Waals surface area contributed by atoms with Crippen molar-refractivity contribution in [3.8, 4) is 11.5 Å². The molecule has 0 bridgehead atoms. The lowest BCUT2D eigenvalue weighted by atomic mass is 10.2. The van der Waals surface area contributed by atoms with Crippen LogP contribution in [0.3, 0.4) is 0 Å². The minimum absolute atomic E-state index is 0.159. The van der Waals surface area contributed by atoms with Gasteiger partial charge in [-0.15, -0.1) is 0 Å². The smallest absolute Gasteiger partial charge is 0.276 e. The van der Waals surface area contributed by atoms with E-state index in [1.807, 2.05) is 19.1 Å². The number of nitrogens with zero attached hydrogens (tertiary/aromatic N) is 3. The Bertz CT molecular complexity index is 884. The highest BCUT2D eigenvalue weighted by Gasteiger charge is 2.22. The normalized spacial score (nSPS) is 10.8. The molecule has 3 rings (SSSR count). The molecule has 124 valence electrons. The maximum Gasteiger partial charge on any atom is 0.276 e. The Balaban J connectivity index is 2.05. The van der Waals surface area contributed by atoms with E-state index in [9.17, 15) is 9.90 Å². The topological polar surface area (TPSA) is 67.1 Å². The lowest BCUT2D eigenvalue weighted by molar-refractivity contribution is 0.0986. The second kappa shape index (κ2) is 6.23. The first-order chi connectivity index (χ1) is 11.5. The molecule has 0 atom stereocenters. The van der Waals surface area contributed by atoms with Crippen molar-refractivity contribution in [1.82, 2.24) is 9.38 Å². The maximum atomic E-state index is 13.0. The number of hydrogen-bond donors (Lipinski definition) is 1. The second-order valence-corrected chi connectivity index (χ2v) is 5.43. The summed E-state index contributed by atoms with van der Waals surface area (Å²) in [6.07, 6.45) is 1.80. The summed E-state index contributed by atoms with van der Waals surface area (Å²) < 4.78 is 7.34. The number of carbonyl (C=O) groups excluding carboxylic acids is 1. The number of imidazole rings is 1. The first-order valence-electron chi connectivity index (χ1n) is 7.70. The van der Waals surface area contributed by atoms with Gasteiger partial charge in [-0.3, -0.25) is 9.20 Å². The van der Waals surface area contributed by atoms with E-state index in [0.29, 0.717) is 35.1 Å². The van der Waals surface area contributed by atoms with Crippen LogP contribution in [0.5, 0.6) is 11.5 Å². The highest BCUT2D eigenvalue weighted by atomic mass is 16.5. The summed E-state index contributed by atoms with van der Waals surface area (Å²) in [4.78, 5) is 19.0. The third kappa shape index (κ3) is 2.67.